The van der Waals surface area contributed by atoms with Crippen molar-refractivity contribution in [2.75, 3.05) is 0 Å². The lowest BCUT2D eigenvalue weighted by molar-refractivity contribution is -0.0165. The van der Waals surface area contributed by atoms with Gasteiger partial charge in [0.25, 0.3) is 0 Å². The van der Waals surface area contributed by atoms with Gasteiger partial charge >= 0.3 is 0 Å². The Labute approximate surface area is 56.4 Å². The van der Waals surface area contributed by atoms with Crippen LogP contribution in [-0.2, 0) is 4.74 Å². The summed E-state index contributed by atoms with van der Waals surface area (Å²) >= 11 is 0. The first-order valence-electron chi connectivity index (χ1n) is 3.45. The van der Waals surface area contributed by atoms with E-state index in [9.17, 15) is 0 Å². The zero-order chi connectivity index (χ0) is 7.07. The van der Waals surface area contributed by atoms with E-state index in [1.54, 1.807) is 0 Å². The molecule has 1 rings (SSSR count). The molecule has 0 radical (unpaired) electrons. The van der Waals surface area contributed by atoms with E-state index >= 15 is 0 Å². The van der Waals surface area contributed by atoms with Crippen LogP contribution in [0.25, 0.3) is 0 Å². The maximum atomic E-state index is 5.63. The Balaban J connectivity index is 2.54. The van der Waals surface area contributed by atoms with Gasteiger partial charge in [-0.15, -0.1) is 0 Å². The van der Waals surface area contributed by atoms with Gasteiger partial charge in [0.2, 0.25) is 0 Å². The molecular formula is C7H15NO. The highest BCUT2D eigenvalue weighted by Crippen LogP contribution is 2.31. The lowest BCUT2D eigenvalue weighted by Gasteiger charge is -2.16. The molecule has 2 nitrogen and oxygen atoms in total. The van der Waals surface area contributed by atoms with E-state index in [-0.39, 0.29) is 11.8 Å². The second-order valence-electron chi connectivity index (χ2n) is 3.52. The number of rotatable bonds is 0. The van der Waals surface area contributed by atoms with Crippen LogP contribution in [0.15, 0.2) is 0 Å². The lowest BCUT2D eigenvalue weighted by atomic mass is 9.99. The van der Waals surface area contributed by atoms with Gasteiger partial charge in [-0.25, -0.2) is 0 Å². The Morgan fingerprint density at radius 3 is 2.22 bits per heavy atom. The van der Waals surface area contributed by atoms with Gasteiger partial charge in [0.15, 0.2) is 0 Å². The second-order valence-corrected chi connectivity index (χ2v) is 3.52. The van der Waals surface area contributed by atoms with Crippen LogP contribution in [0, 0.1) is 5.92 Å². The molecule has 0 spiro atoms. The summed E-state index contributed by atoms with van der Waals surface area (Å²) in [4.78, 5) is 0. The molecule has 2 unspecified atom stereocenters. The minimum atomic E-state index is -0.0417. The molecule has 9 heavy (non-hydrogen) atoms. The zero-order valence-corrected chi connectivity index (χ0v) is 6.35. The molecule has 0 aromatic rings. The largest absolute Gasteiger partial charge is 0.357 e. The number of ether oxygens (including phenoxy) is 1. The maximum absolute atomic E-state index is 5.63. The minimum absolute atomic E-state index is 0.0127. The van der Waals surface area contributed by atoms with Crippen molar-refractivity contribution in [1.82, 2.24) is 0 Å². The van der Waals surface area contributed by atoms with E-state index in [0.29, 0.717) is 5.92 Å². The molecule has 1 heterocycles. The van der Waals surface area contributed by atoms with Crippen molar-refractivity contribution in [3.8, 4) is 0 Å². The van der Waals surface area contributed by atoms with E-state index in [2.05, 4.69) is 20.8 Å². The van der Waals surface area contributed by atoms with Crippen LogP contribution in [-0.4, -0.2) is 11.8 Å². The fourth-order valence-corrected chi connectivity index (χ4v) is 1.42. The number of hydrogen-bond donors (Lipinski definition) is 1. The average molecular weight is 129 g/mol. The standard InChI is InChI=1S/C7H15NO/c1-5-4-7(2,3)9-6(5)8/h5-6H,4,8H2,1-3H3. The minimum Gasteiger partial charge on any atom is -0.357 e. The summed E-state index contributed by atoms with van der Waals surface area (Å²) in [5.74, 6) is 0.514. The van der Waals surface area contributed by atoms with E-state index in [0.717, 1.165) is 6.42 Å². The van der Waals surface area contributed by atoms with Gasteiger partial charge in [-0.05, 0) is 26.2 Å². The fraction of sp³-hybridized carbons (Fsp3) is 1.00. The van der Waals surface area contributed by atoms with Crippen LogP contribution in [0.4, 0.5) is 0 Å². The third-order valence-electron chi connectivity index (χ3n) is 1.83. The van der Waals surface area contributed by atoms with Crippen LogP contribution in [0.5, 0.6) is 0 Å². The molecule has 0 aromatic carbocycles. The summed E-state index contributed by atoms with van der Waals surface area (Å²) in [7, 11) is 0. The van der Waals surface area contributed by atoms with Crippen LogP contribution < -0.4 is 5.73 Å². The van der Waals surface area contributed by atoms with Crippen LogP contribution in [0.3, 0.4) is 0 Å². The summed E-state index contributed by atoms with van der Waals surface area (Å²) in [5, 5.41) is 0. The molecule has 0 aliphatic carbocycles. The predicted octanol–water partition coefficient (Wildman–Crippen LogP) is 1.11. The average Bonchev–Trinajstić information content (AvgIpc) is 1.79. The van der Waals surface area contributed by atoms with Crippen molar-refractivity contribution in [2.45, 2.75) is 39.0 Å². The van der Waals surface area contributed by atoms with Gasteiger partial charge in [-0.1, -0.05) is 6.92 Å². The summed E-state index contributed by atoms with van der Waals surface area (Å²) < 4.78 is 5.44. The molecule has 2 atom stereocenters. The Bertz CT molecular complexity index is 99.5. The molecule has 1 aliphatic heterocycles. The molecule has 0 aromatic heterocycles. The summed E-state index contributed by atoms with van der Waals surface area (Å²) in [5.41, 5.74) is 5.64. The highest BCUT2D eigenvalue weighted by Gasteiger charge is 2.35. The van der Waals surface area contributed by atoms with Gasteiger partial charge in [-0.2, -0.15) is 0 Å². The van der Waals surface area contributed by atoms with Gasteiger partial charge in [-0.3, -0.25) is 0 Å². The first-order chi connectivity index (χ1) is 4.01. The molecule has 1 fully saturated rings. The van der Waals surface area contributed by atoms with E-state index < -0.39 is 0 Å². The zero-order valence-electron chi connectivity index (χ0n) is 6.35. The molecule has 0 saturated carbocycles. The van der Waals surface area contributed by atoms with Crippen LogP contribution in [0.1, 0.15) is 27.2 Å². The van der Waals surface area contributed by atoms with Crippen molar-refractivity contribution >= 4 is 0 Å². The van der Waals surface area contributed by atoms with E-state index in [1.807, 2.05) is 0 Å². The smallest absolute Gasteiger partial charge is 0.109 e. The first-order valence-corrected chi connectivity index (χ1v) is 3.45. The van der Waals surface area contributed by atoms with Gasteiger partial charge in [0.05, 0.1) is 5.60 Å². The van der Waals surface area contributed by atoms with Gasteiger partial charge in [0.1, 0.15) is 6.23 Å². The SMILES string of the molecule is CC1CC(C)(C)OC1N. The first kappa shape index (κ1) is 7.03. The Morgan fingerprint density at radius 2 is 2.11 bits per heavy atom. The van der Waals surface area contributed by atoms with Crippen molar-refractivity contribution in [3.63, 3.8) is 0 Å². The summed E-state index contributed by atoms with van der Waals surface area (Å²) in [6.07, 6.45) is 1.04. The van der Waals surface area contributed by atoms with Gasteiger partial charge < -0.3 is 10.5 Å². The fourth-order valence-electron chi connectivity index (χ4n) is 1.42. The van der Waals surface area contributed by atoms with Crippen LogP contribution >= 0.6 is 0 Å². The third kappa shape index (κ3) is 1.43. The number of nitrogens with two attached hydrogens (primary N) is 1. The second kappa shape index (κ2) is 1.96. The van der Waals surface area contributed by atoms with Gasteiger partial charge in [0, 0.05) is 0 Å². The normalized spacial score (nSPS) is 41.3. The van der Waals surface area contributed by atoms with Crippen molar-refractivity contribution < 1.29 is 4.74 Å². The van der Waals surface area contributed by atoms with E-state index in [4.69, 9.17) is 10.5 Å². The van der Waals surface area contributed by atoms with Crippen molar-refractivity contribution in [1.29, 1.82) is 0 Å². The summed E-state index contributed by atoms with van der Waals surface area (Å²) in [6.45, 7) is 6.28. The molecule has 2 N–H and O–H groups in total. The van der Waals surface area contributed by atoms with Crippen molar-refractivity contribution in [3.05, 3.63) is 0 Å². The monoisotopic (exact) mass is 129 g/mol. The topological polar surface area (TPSA) is 35.2 Å². The molecule has 54 valence electrons. The van der Waals surface area contributed by atoms with Crippen LogP contribution in [0.2, 0.25) is 0 Å². The summed E-state index contributed by atoms with van der Waals surface area (Å²) in [6, 6.07) is 0. The quantitative estimate of drug-likeness (QED) is 0.531. The maximum Gasteiger partial charge on any atom is 0.109 e. The van der Waals surface area contributed by atoms with E-state index in [1.165, 1.54) is 0 Å². The highest BCUT2D eigenvalue weighted by atomic mass is 16.5. The van der Waals surface area contributed by atoms with Crippen molar-refractivity contribution in [2.24, 2.45) is 11.7 Å². The Kier molecular flexibility index (Phi) is 1.53. The lowest BCUT2D eigenvalue weighted by Crippen LogP contribution is -2.27. The molecule has 1 saturated heterocycles. The molecular weight excluding hydrogens is 114 g/mol. The molecule has 0 bridgehead atoms. The third-order valence-corrected chi connectivity index (χ3v) is 1.83. The Hall–Kier alpha value is -0.0800. The molecule has 0 amide bonds. The Morgan fingerprint density at radius 1 is 1.56 bits per heavy atom. The number of hydrogen-bond acceptors (Lipinski definition) is 2. The highest BCUT2D eigenvalue weighted by molar-refractivity contribution is 4.82. The molecule has 1 aliphatic rings. The molecule has 2 heteroatoms. The predicted molar refractivity (Wildman–Crippen MR) is 36.9 cm³/mol.